The number of anilines is 1. The van der Waals surface area contributed by atoms with Crippen LogP contribution in [0.15, 0.2) is 60.2 Å². The Morgan fingerprint density at radius 2 is 1.79 bits per heavy atom. The van der Waals surface area contributed by atoms with E-state index in [1.54, 1.807) is 0 Å². The Morgan fingerprint density at radius 1 is 1.14 bits per heavy atom. The second-order valence-corrected chi connectivity index (χ2v) is 6.37. The SMILES string of the molecule is COC(=O)CC(NC(=O)/C(C#N)=C/c1ccc(N(C)C)cc1)c1ccccc1. The Hall–Kier alpha value is -3.59. The summed E-state index contributed by atoms with van der Waals surface area (Å²) < 4.78 is 4.72. The first-order chi connectivity index (χ1) is 13.4. The molecule has 0 saturated carbocycles. The van der Waals surface area contributed by atoms with Crippen molar-refractivity contribution in [2.45, 2.75) is 12.5 Å². The normalized spacial score (nSPS) is 11.9. The number of hydrogen-bond donors (Lipinski definition) is 1. The second kappa shape index (κ2) is 9.93. The summed E-state index contributed by atoms with van der Waals surface area (Å²) in [4.78, 5) is 26.3. The molecule has 1 unspecified atom stereocenters. The average Bonchev–Trinajstić information content (AvgIpc) is 2.72. The third-order valence-electron chi connectivity index (χ3n) is 4.19. The Morgan fingerprint density at radius 3 is 2.32 bits per heavy atom. The van der Waals surface area contributed by atoms with Crippen LogP contribution in [0.3, 0.4) is 0 Å². The molecule has 0 aliphatic carbocycles. The van der Waals surface area contributed by atoms with Gasteiger partial charge in [0.15, 0.2) is 0 Å². The second-order valence-electron chi connectivity index (χ2n) is 6.37. The lowest BCUT2D eigenvalue weighted by atomic mass is 10.0. The molecule has 0 aliphatic heterocycles. The van der Waals surface area contributed by atoms with Gasteiger partial charge < -0.3 is 15.0 Å². The largest absolute Gasteiger partial charge is 0.469 e. The lowest BCUT2D eigenvalue weighted by Crippen LogP contribution is -2.31. The van der Waals surface area contributed by atoms with Crippen LogP contribution in [0, 0.1) is 11.3 Å². The molecule has 2 aromatic rings. The van der Waals surface area contributed by atoms with Crippen molar-refractivity contribution < 1.29 is 14.3 Å². The Bertz CT molecular complexity index is 881. The van der Waals surface area contributed by atoms with Crippen molar-refractivity contribution in [1.29, 1.82) is 5.26 Å². The molecule has 2 rings (SSSR count). The van der Waals surface area contributed by atoms with Crippen LogP contribution in [0.4, 0.5) is 5.69 Å². The first-order valence-corrected chi connectivity index (χ1v) is 8.76. The predicted molar refractivity (Wildman–Crippen MR) is 108 cm³/mol. The van der Waals surface area contributed by atoms with Gasteiger partial charge in [-0.3, -0.25) is 9.59 Å². The maximum atomic E-state index is 12.6. The van der Waals surface area contributed by atoms with Crippen molar-refractivity contribution in [2.75, 3.05) is 26.1 Å². The number of rotatable bonds is 7. The van der Waals surface area contributed by atoms with Crippen LogP contribution in [-0.4, -0.2) is 33.1 Å². The minimum Gasteiger partial charge on any atom is -0.469 e. The van der Waals surface area contributed by atoms with Crippen molar-refractivity contribution in [3.8, 4) is 6.07 Å². The van der Waals surface area contributed by atoms with Crippen molar-refractivity contribution in [3.05, 3.63) is 71.3 Å². The van der Waals surface area contributed by atoms with E-state index in [0.29, 0.717) is 0 Å². The van der Waals surface area contributed by atoms with Gasteiger partial charge in [0.05, 0.1) is 19.6 Å². The zero-order valence-corrected chi connectivity index (χ0v) is 16.2. The fourth-order valence-electron chi connectivity index (χ4n) is 2.61. The van der Waals surface area contributed by atoms with Crippen LogP contribution in [-0.2, 0) is 14.3 Å². The zero-order valence-electron chi connectivity index (χ0n) is 16.2. The summed E-state index contributed by atoms with van der Waals surface area (Å²) in [6.07, 6.45) is 1.50. The highest BCUT2D eigenvalue weighted by molar-refractivity contribution is 6.02. The van der Waals surface area contributed by atoms with Crippen molar-refractivity contribution in [1.82, 2.24) is 5.32 Å². The van der Waals surface area contributed by atoms with Crippen molar-refractivity contribution in [2.24, 2.45) is 0 Å². The highest BCUT2D eigenvalue weighted by Gasteiger charge is 2.20. The number of hydrogen-bond acceptors (Lipinski definition) is 5. The Balaban J connectivity index is 2.22. The topological polar surface area (TPSA) is 82.4 Å². The number of methoxy groups -OCH3 is 1. The van der Waals surface area contributed by atoms with E-state index >= 15 is 0 Å². The zero-order chi connectivity index (χ0) is 20.5. The van der Waals surface area contributed by atoms with Crippen LogP contribution in [0.1, 0.15) is 23.6 Å². The Labute approximate surface area is 165 Å². The van der Waals surface area contributed by atoms with Crippen LogP contribution in [0.25, 0.3) is 6.08 Å². The van der Waals surface area contributed by atoms with Crippen LogP contribution < -0.4 is 10.2 Å². The average molecular weight is 377 g/mol. The summed E-state index contributed by atoms with van der Waals surface area (Å²) in [7, 11) is 5.16. The summed E-state index contributed by atoms with van der Waals surface area (Å²) in [5.41, 5.74) is 2.47. The van der Waals surface area contributed by atoms with Gasteiger partial charge in [0.25, 0.3) is 5.91 Å². The molecule has 6 heteroatoms. The van der Waals surface area contributed by atoms with E-state index in [9.17, 15) is 14.9 Å². The van der Waals surface area contributed by atoms with Crippen molar-refractivity contribution in [3.63, 3.8) is 0 Å². The number of esters is 1. The van der Waals surface area contributed by atoms with Crippen molar-refractivity contribution >= 4 is 23.6 Å². The van der Waals surface area contributed by atoms with Gasteiger partial charge >= 0.3 is 5.97 Å². The van der Waals surface area contributed by atoms with E-state index in [1.807, 2.05) is 79.7 Å². The van der Waals surface area contributed by atoms with Gasteiger partial charge in [-0.15, -0.1) is 0 Å². The molecule has 1 atom stereocenters. The van der Waals surface area contributed by atoms with Gasteiger partial charge in [-0.1, -0.05) is 42.5 Å². The minimum atomic E-state index is -0.589. The number of ether oxygens (including phenoxy) is 1. The molecule has 6 nitrogen and oxygen atoms in total. The number of nitriles is 1. The summed E-state index contributed by atoms with van der Waals surface area (Å²) in [5.74, 6) is -0.993. The molecule has 1 amide bonds. The maximum absolute atomic E-state index is 12.6. The number of nitrogens with one attached hydrogen (secondary N) is 1. The predicted octanol–water partition coefficient (Wildman–Crippen LogP) is 3.08. The smallest absolute Gasteiger partial charge is 0.307 e. The number of carbonyl (C=O) groups is 2. The van der Waals surface area contributed by atoms with Gasteiger partial charge in [0.2, 0.25) is 0 Å². The summed E-state index contributed by atoms with van der Waals surface area (Å²) in [6, 6.07) is 17.9. The van der Waals surface area contributed by atoms with Crippen LogP contribution in [0.2, 0.25) is 0 Å². The molecule has 0 spiro atoms. The fourth-order valence-corrected chi connectivity index (χ4v) is 2.61. The van der Waals surface area contributed by atoms with E-state index in [-0.39, 0.29) is 12.0 Å². The molecule has 0 radical (unpaired) electrons. The molecule has 0 heterocycles. The maximum Gasteiger partial charge on any atom is 0.307 e. The standard InChI is InChI=1S/C22H23N3O3/c1-25(2)19-11-9-16(10-12-19)13-18(15-23)22(27)24-20(14-21(26)28-3)17-7-5-4-6-8-17/h4-13,20H,14H2,1-3H3,(H,24,27)/b18-13+. The molecule has 0 fully saturated rings. The van der Waals surface area contributed by atoms with Gasteiger partial charge in [-0.05, 0) is 29.3 Å². The molecular weight excluding hydrogens is 354 g/mol. The summed E-state index contributed by atoms with van der Waals surface area (Å²) in [6.45, 7) is 0. The quantitative estimate of drug-likeness (QED) is 0.455. The molecule has 0 aromatic heterocycles. The summed E-state index contributed by atoms with van der Waals surface area (Å²) >= 11 is 0. The number of amides is 1. The molecule has 1 N–H and O–H groups in total. The first-order valence-electron chi connectivity index (χ1n) is 8.76. The molecule has 0 aliphatic rings. The first kappa shape index (κ1) is 20.7. The molecule has 0 saturated heterocycles. The fraction of sp³-hybridized carbons (Fsp3) is 0.227. The van der Waals surface area contributed by atoms with Crippen LogP contribution >= 0.6 is 0 Å². The van der Waals surface area contributed by atoms with Gasteiger partial charge in [-0.25, -0.2) is 0 Å². The van der Waals surface area contributed by atoms with Gasteiger partial charge in [-0.2, -0.15) is 5.26 Å². The number of carbonyl (C=O) groups excluding carboxylic acids is 2. The molecule has 144 valence electrons. The number of nitrogens with zero attached hydrogens (tertiary/aromatic N) is 2. The molecular formula is C22H23N3O3. The lowest BCUT2D eigenvalue weighted by molar-refractivity contribution is -0.141. The third-order valence-corrected chi connectivity index (χ3v) is 4.19. The monoisotopic (exact) mass is 377 g/mol. The van der Waals surface area contributed by atoms with Crippen LogP contribution in [0.5, 0.6) is 0 Å². The Kier molecular flexibility index (Phi) is 7.35. The van der Waals surface area contributed by atoms with E-state index < -0.39 is 17.9 Å². The molecule has 0 bridgehead atoms. The third kappa shape index (κ3) is 5.71. The minimum absolute atomic E-state index is 0.0253. The highest BCUT2D eigenvalue weighted by atomic mass is 16.5. The van der Waals surface area contributed by atoms with E-state index in [2.05, 4.69) is 5.32 Å². The van der Waals surface area contributed by atoms with E-state index in [4.69, 9.17) is 4.74 Å². The highest BCUT2D eigenvalue weighted by Crippen LogP contribution is 2.19. The molecule has 28 heavy (non-hydrogen) atoms. The van der Waals surface area contributed by atoms with E-state index in [1.165, 1.54) is 13.2 Å². The lowest BCUT2D eigenvalue weighted by Gasteiger charge is -2.18. The van der Waals surface area contributed by atoms with Gasteiger partial charge in [0, 0.05) is 19.8 Å². The van der Waals surface area contributed by atoms with Gasteiger partial charge in [0.1, 0.15) is 11.6 Å². The molecule has 2 aromatic carbocycles. The van der Waals surface area contributed by atoms with E-state index in [0.717, 1.165) is 16.8 Å². The number of benzene rings is 2. The summed E-state index contributed by atoms with van der Waals surface area (Å²) in [5, 5.41) is 12.2.